The highest BCUT2D eigenvalue weighted by Crippen LogP contribution is 2.43. The van der Waals surface area contributed by atoms with Crippen LogP contribution in [0.15, 0.2) is 72.8 Å². The van der Waals surface area contributed by atoms with E-state index in [1.807, 2.05) is 74.2 Å². The monoisotopic (exact) mass is 430 g/mol. The Labute approximate surface area is 188 Å². The summed E-state index contributed by atoms with van der Waals surface area (Å²) in [5.41, 5.74) is 4.14. The zero-order chi connectivity index (χ0) is 22.8. The number of amides is 2. The Balaban J connectivity index is 1.78. The van der Waals surface area contributed by atoms with Gasteiger partial charge in [0.15, 0.2) is 0 Å². The van der Waals surface area contributed by atoms with Crippen molar-refractivity contribution in [2.75, 3.05) is 9.80 Å². The summed E-state index contributed by atoms with van der Waals surface area (Å²) in [5, 5.41) is 0. The number of fused-ring (bicyclic) bond motifs is 1. The first-order valence-electron chi connectivity index (χ1n) is 11.0. The van der Waals surface area contributed by atoms with E-state index in [2.05, 4.69) is 0 Å². The number of hydrogen-bond acceptors (Lipinski definition) is 2. The van der Waals surface area contributed by atoms with Gasteiger partial charge in [0.2, 0.25) is 5.91 Å². The van der Waals surface area contributed by atoms with Crippen molar-refractivity contribution in [1.29, 1.82) is 0 Å². The van der Waals surface area contributed by atoms with Gasteiger partial charge in [0.1, 0.15) is 5.82 Å². The van der Waals surface area contributed by atoms with Crippen LogP contribution in [0.1, 0.15) is 54.2 Å². The van der Waals surface area contributed by atoms with E-state index in [0.29, 0.717) is 18.4 Å². The highest BCUT2D eigenvalue weighted by Gasteiger charge is 2.38. The van der Waals surface area contributed by atoms with E-state index < -0.39 is 0 Å². The number of para-hydroxylation sites is 1. The molecule has 3 aromatic carbocycles. The fourth-order valence-electron chi connectivity index (χ4n) is 4.44. The predicted molar refractivity (Wildman–Crippen MR) is 125 cm³/mol. The minimum atomic E-state index is -0.375. The van der Waals surface area contributed by atoms with Crippen LogP contribution in [0.5, 0.6) is 0 Å². The van der Waals surface area contributed by atoms with Gasteiger partial charge < -0.3 is 9.80 Å². The molecule has 0 aromatic heterocycles. The molecule has 0 spiro atoms. The second kappa shape index (κ2) is 8.95. The molecular weight excluding hydrogens is 403 g/mol. The van der Waals surface area contributed by atoms with Crippen molar-refractivity contribution in [2.45, 2.75) is 45.7 Å². The molecule has 0 fully saturated rings. The summed E-state index contributed by atoms with van der Waals surface area (Å²) >= 11 is 0. The van der Waals surface area contributed by atoms with E-state index in [4.69, 9.17) is 0 Å². The van der Waals surface area contributed by atoms with Gasteiger partial charge >= 0.3 is 0 Å². The third-order valence-corrected chi connectivity index (χ3v) is 6.07. The second-order valence-corrected chi connectivity index (χ2v) is 8.29. The third-order valence-electron chi connectivity index (χ3n) is 6.07. The van der Waals surface area contributed by atoms with Crippen LogP contribution in [0.2, 0.25) is 0 Å². The van der Waals surface area contributed by atoms with Gasteiger partial charge in [-0.3, -0.25) is 9.59 Å². The van der Waals surface area contributed by atoms with E-state index in [0.717, 1.165) is 22.5 Å². The van der Waals surface area contributed by atoms with Crippen LogP contribution < -0.4 is 9.80 Å². The van der Waals surface area contributed by atoms with Crippen LogP contribution in [-0.4, -0.2) is 17.9 Å². The molecule has 0 N–H and O–H groups in total. The van der Waals surface area contributed by atoms with Crippen LogP contribution >= 0.6 is 0 Å². The van der Waals surface area contributed by atoms with E-state index in [1.165, 1.54) is 24.3 Å². The molecule has 164 valence electrons. The standard InChI is InChI=1S/C27H27FN2O2/c1-4-26(31)30(22-15-9-18(2)10-16-22)25-17-19(3)29(24-8-6-5-7-23(24)25)27(32)20-11-13-21(28)14-12-20/h5-16,19,25H,4,17H2,1-3H3. The molecule has 4 nitrogen and oxygen atoms in total. The van der Waals surface area contributed by atoms with E-state index >= 15 is 0 Å². The molecule has 4 rings (SSSR count). The van der Waals surface area contributed by atoms with Gasteiger partial charge in [-0.25, -0.2) is 4.39 Å². The zero-order valence-corrected chi connectivity index (χ0v) is 18.6. The van der Waals surface area contributed by atoms with Crippen molar-refractivity contribution in [1.82, 2.24) is 0 Å². The Kier molecular flexibility index (Phi) is 6.08. The number of benzene rings is 3. The molecule has 2 unspecified atom stereocenters. The van der Waals surface area contributed by atoms with Crippen molar-refractivity contribution < 1.29 is 14.0 Å². The molecule has 3 aromatic rings. The summed E-state index contributed by atoms with van der Waals surface area (Å²) in [6.45, 7) is 5.88. The van der Waals surface area contributed by atoms with E-state index in [1.54, 1.807) is 4.90 Å². The molecule has 0 bridgehead atoms. The Morgan fingerprint density at radius 1 is 1.00 bits per heavy atom. The normalized spacial score (nSPS) is 17.6. The summed E-state index contributed by atoms with van der Waals surface area (Å²) in [4.78, 5) is 30.1. The number of aryl methyl sites for hydroxylation is 1. The summed E-state index contributed by atoms with van der Waals surface area (Å²) < 4.78 is 13.4. The van der Waals surface area contributed by atoms with E-state index in [-0.39, 0.29) is 29.7 Å². The molecule has 1 aliphatic heterocycles. The quantitative estimate of drug-likeness (QED) is 0.505. The summed E-state index contributed by atoms with van der Waals surface area (Å²) in [6, 6.07) is 21.0. The molecule has 1 heterocycles. The van der Waals surface area contributed by atoms with E-state index in [9.17, 15) is 14.0 Å². The number of carbonyl (C=O) groups excluding carboxylic acids is 2. The number of anilines is 2. The van der Waals surface area contributed by atoms with Gasteiger partial charge in [0.05, 0.1) is 6.04 Å². The maximum atomic E-state index is 13.4. The number of carbonyl (C=O) groups is 2. The van der Waals surface area contributed by atoms with Crippen molar-refractivity contribution >= 4 is 23.2 Å². The lowest BCUT2D eigenvalue weighted by atomic mass is 9.89. The van der Waals surface area contributed by atoms with Crippen molar-refractivity contribution in [3.8, 4) is 0 Å². The van der Waals surface area contributed by atoms with Crippen LogP contribution in [0.25, 0.3) is 0 Å². The lowest BCUT2D eigenvalue weighted by Gasteiger charge is -2.43. The average molecular weight is 431 g/mol. The van der Waals surface area contributed by atoms with Crippen LogP contribution in [-0.2, 0) is 4.79 Å². The summed E-state index contributed by atoms with van der Waals surface area (Å²) in [6.07, 6.45) is 0.989. The topological polar surface area (TPSA) is 40.6 Å². The smallest absolute Gasteiger partial charge is 0.258 e. The lowest BCUT2D eigenvalue weighted by molar-refractivity contribution is -0.118. The molecular formula is C27H27FN2O2. The molecule has 1 aliphatic rings. The minimum Gasteiger partial charge on any atom is -0.305 e. The molecule has 0 aliphatic carbocycles. The number of nitrogens with zero attached hydrogens (tertiary/aromatic N) is 2. The predicted octanol–water partition coefficient (Wildman–Crippen LogP) is 6.06. The van der Waals surface area contributed by atoms with Crippen LogP contribution in [0, 0.1) is 12.7 Å². The van der Waals surface area contributed by atoms with Crippen LogP contribution in [0.3, 0.4) is 0 Å². The fraction of sp³-hybridized carbons (Fsp3) is 0.259. The largest absolute Gasteiger partial charge is 0.305 e. The first-order chi connectivity index (χ1) is 15.4. The molecule has 0 radical (unpaired) electrons. The van der Waals surface area contributed by atoms with Crippen LogP contribution in [0.4, 0.5) is 15.8 Å². The highest BCUT2D eigenvalue weighted by atomic mass is 19.1. The molecule has 2 atom stereocenters. The lowest BCUT2D eigenvalue weighted by Crippen LogP contribution is -2.47. The van der Waals surface area contributed by atoms with Crippen molar-refractivity contribution in [3.63, 3.8) is 0 Å². The second-order valence-electron chi connectivity index (χ2n) is 8.29. The van der Waals surface area contributed by atoms with Gasteiger partial charge in [-0.15, -0.1) is 0 Å². The Hall–Kier alpha value is -3.47. The van der Waals surface area contributed by atoms with Gasteiger partial charge in [-0.2, -0.15) is 0 Å². The first kappa shape index (κ1) is 21.8. The summed E-state index contributed by atoms with van der Waals surface area (Å²) in [5.74, 6) is -0.508. The van der Waals surface area contributed by atoms with Gasteiger partial charge in [0.25, 0.3) is 5.91 Å². The minimum absolute atomic E-state index is 0.0409. The average Bonchev–Trinajstić information content (AvgIpc) is 2.80. The van der Waals surface area contributed by atoms with Gasteiger partial charge in [0, 0.05) is 29.4 Å². The first-order valence-corrected chi connectivity index (χ1v) is 11.0. The molecule has 2 amide bonds. The maximum Gasteiger partial charge on any atom is 0.258 e. The Morgan fingerprint density at radius 2 is 1.66 bits per heavy atom. The molecule has 0 saturated heterocycles. The summed E-state index contributed by atoms with van der Waals surface area (Å²) in [7, 11) is 0. The van der Waals surface area contributed by atoms with Crippen molar-refractivity contribution in [3.05, 3.63) is 95.3 Å². The third kappa shape index (κ3) is 4.03. The number of hydrogen-bond donors (Lipinski definition) is 0. The SMILES string of the molecule is CCC(=O)N(c1ccc(C)cc1)C1CC(C)N(C(=O)c2ccc(F)cc2)c2ccccc21. The number of rotatable bonds is 4. The van der Waals surface area contributed by atoms with Gasteiger partial charge in [-0.05, 0) is 68.3 Å². The molecule has 5 heteroatoms. The molecule has 0 saturated carbocycles. The molecule has 32 heavy (non-hydrogen) atoms. The number of halogens is 1. The highest BCUT2D eigenvalue weighted by molar-refractivity contribution is 6.07. The Bertz CT molecular complexity index is 1130. The van der Waals surface area contributed by atoms with Gasteiger partial charge in [-0.1, -0.05) is 42.8 Å². The van der Waals surface area contributed by atoms with Crippen molar-refractivity contribution in [2.24, 2.45) is 0 Å². The zero-order valence-electron chi connectivity index (χ0n) is 18.6. The Morgan fingerprint density at radius 3 is 2.31 bits per heavy atom. The maximum absolute atomic E-state index is 13.4. The fourth-order valence-corrected chi connectivity index (χ4v) is 4.44.